The normalized spacial score (nSPS) is 13.8. The van der Waals surface area contributed by atoms with E-state index >= 15 is 0 Å². The number of benzene rings is 2. The standard InChI is InChI=1S/C19H19NO3S/c21-19(14-16-9-10-17-7-4-8-18(17)13-16)20-24(22,23)12-11-15-5-2-1-3-6-15/h1-3,5-6,9-13H,4,7-8,14H2,(H,20,21)/b12-11+. The molecule has 24 heavy (non-hydrogen) atoms. The van der Waals surface area contributed by atoms with Crippen LogP contribution in [-0.4, -0.2) is 14.3 Å². The fourth-order valence-electron chi connectivity index (χ4n) is 2.88. The number of fused-ring (bicyclic) bond motifs is 1. The summed E-state index contributed by atoms with van der Waals surface area (Å²) in [5.74, 6) is -0.523. The van der Waals surface area contributed by atoms with Crippen molar-refractivity contribution in [3.8, 4) is 0 Å². The monoisotopic (exact) mass is 341 g/mol. The number of nitrogens with one attached hydrogen (secondary N) is 1. The van der Waals surface area contributed by atoms with Gasteiger partial charge in [0.05, 0.1) is 11.8 Å². The predicted molar refractivity (Wildman–Crippen MR) is 94.7 cm³/mol. The molecule has 0 heterocycles. The molecule has 3 rings (SSSR count). The molecule has 0 saturated heterocycles. The van der Waals surface area contributed by atoms with E-state index in [1.165, 1.54) is 17.2 Å². The number of hydrogen-bond acceptors (Lipinski definition) is 3. The molecule has 1 aliphatic carbocycles. The van der Waals surface area contributed by atoms with Crippen LogP contribution in [-0.2, 0) is 34.1 Å². The maximum absolute atomic E-state index is 12.0. The van der Waals surface area contributed by atoms with Gasteiger partial charge in [0.2, 0.25) is 5.91 Å². The van der Waals surface area contributed by atoms with Gasteiger partial charge in [-0.15, -0.1) is 0 Å². The maximum Gasteiger partial charge on any atom is 0.257 e. The Balaban J connectivity index is 1.62. The second-order valence-corrected chi connectivity index (χ2v) is 7.48. The number of aryl methyl sites for hydroxylation is 2. The van der Waals surface area contributed by atoms with Crippen molar-refractivity contribution in [1.82, 2.24) is 4.72 Å². The van der Waals surface area contributed by atoms with Crippen molar-refractivity contribution in [1.29, 1.82) is 0 Å². The summed E-state index contributed by atoms with van der Waals surface area (Å²) < 4.78 is 26.0. The van der Waals surface area contributed by atoms with E-state index in [0.29, 0.717) is 0 Å². The van der Waals surface area contributed by atoms with Crippen LogP contribution in [0, 0.1) is 0 Å². The number of carbonyl (C=O) groups is 1. The topological polar surface area (TPSA) is 63.2 Å². The van der Waals surface area contributed by atoms with E-state index in [4.69, 9.17) is 0 Å². The summed E-state index contributed by atoms with van der Waals surface area (Å²) >= 11 is 0. The van der Waals surface area contributed by atoms with Crippen molar-refractivity contribution in [3.63, 3.8) is 0 Å². The zero-order valence-electron chi connectivity index (χ0n) is 13.2. The molecule has 1 N–H and O–H groups in total. The second-order valence-electron chi connectivity index (χ2n) is 5.92. The van der Waals surface area contributed by atoms with Gasteiger partial charge in [-0.3, -0.25) is 4.79 Å². The van der Waals surface area contributed by atoms with E-state index in [-0.39, 0.29) is 6.42 Å². The lowest BCUT2D eigenvalue weighted by atomic mass is 10.0. The van der Waals surface area contributed by atoms with E-state index in [9.17, 15) is 13.2 Å². The molecule has 2 aromatic carbocycles. The molecule has 0 unspecified atom stereocenters. The van der Waals surface area contributed by atoms with Crippen molar-refractivity contribution < 1.29 is 13.2 Å². The summed E-state index contributed by atoms with van der Waals surface area (Å²) in [4.78, 5) is 12.0. The lowest BCUT2D eigenvalue weighted by Crippen LogP contribution is -2.30. The highest BCUT2D eigenvalue weighted by molar-refractivity contribution is 7.93. The van der Waals surface area contributed by atoms with Crippen molar-refractivity contribution in [2.45, 2.75) is 25.7 Å². The van der Waals surface area contributed by atoms with Crippen LogP contribution < -0.4 is 4.72 Å². The molecule has 2 aromatic rings. The third-order valence-corrected chi connectivity index (χ3v) is 5.03. The fraction of sp³-hybridized carbons (Fsp3) is 0.211. The number of carbonyl (C=O) groups excluding carboxylic acids is 1. The van der Waals surface area contributed by atoms with Crippen LogP contribution in [0.1, 0.15) is 28.7 Å². The van der Waals surface area contributed by atoms with Crippen molar-refractivity contribution in [2.24, 2.45) is 0 Å². The average molecular weight is 341 g/mol. The minimum Gasteiger partial charge on any atom is -0.274 e. The summed E-state index contributed by atoms with van der Waals surface area (Å²) in [6.07, 6.45) is 4.78. The summed E-state index contributed by atoms with van der Waals surface area (Å²) in [5, 5.41) is 1.02. The van der Waals surface area contributed by atoms with Gasteiger partial charge in [-0.1, -0.05) is 48.5 Å². The van der Waals surface area contributed by atoms with E-state index in [1.54, 1.807) is 12.1 Å². The van der Waals surface area contributed by atoms with Crippen LogP contribution in [0.4, 0.5) is 0 Å². The maximum atomic E-state index is 12.0. The van der Waals surface area contributed by atoms with Crippen LogP contribution in [0.15, 0.2) is 53.9 Å². The fourth-order valence-corrected chi connectivity index (χ4v) is 3.68. The van der Waals surface area contributed by atoms with Gasteiger partial charge in [-0.05, 0) is 47.6 Å². The van der Waals surface area contributed by atoms with Gasteiger partial charge in [0.15, 0.2) is 0 Å². The quantitative estimate of drug-likeness (QED) is 0.909. The lowest BCUT2D eigenvalue weighted by molar-refractivity contribution is -0.118. The van der Waals surface area contributed by atoms with Gasteiger partial charge >= 0.3 is 0 Å². The Labute approximate surface area is 142 Å². The van der Waals surface area contributed by atoms with Gasteiger partial charge in [-0.25, -0.2) is 13.1 Å². The average Bonchev–Trinajstić information content (AvgIpc) is 3.01. The first kappa shape index (κ1) is 16.5. The molecule has 1 amide bonds. The van der Waals surface area contributed by atoms with E-state index in [1.807, 2.05) is 36.4 Å². The molecule has 4 nitrogen and oxygen atoms in total. The lowest BCUT2D eigenvalue weighted by Gasteiger charge is -2.06. The number of rotatable bonds is 5. The minimum absolute atomic E-state index is 0.0612. The summed E-state index contributed by atoms with van der Waals surface area (Å²) in [5.41, 5.74) is 4.20. The largest absolute Gasteiger partial charge is 0.274 e. The van der Waals surface area contributed by atoms with Gasteiger partial charge in [0.25, 0.3) is 10.0 Å². The first-order chi connectivity index (χ1) is 11.5. The van der Waals surface area contributed by atoms with Crippen LogP contribution in [0.2, 0.25) is 0 Å². The van der Waals surface area contributed by atoms with Crippen LogP contribution in [0.25, 0.3) is 6.08 Å². The summed E-state index contributed by atoms with van der Waals surface area (Å²) in [6, 6.07) is 15.0. The van der Waals surface area contributed by atoms with E-state index < -0.39 is 15.9 Å². The molecule has 0 bridgehead atoms. The molecule has 0 aliphatic heterocycles. The van der Waals surface area contributed by atoms with Crippen molar-refractivity contribution >= 4 is 22.0 Å². The first-order valence-electron chi connectivity index (χ1n) is 7.91. The second kappa shape index (κ2) is 7.01. The molecule has 0 aromatic heterocycles. The van der Waals surface area contributed by atoms with Crippen LogP contribution in [0.5, 0.6) is 0 Å². The Bertz CT molecular complexity index is 871. The number of hydrogen-bond donors (Lipinski definition) is 1. The Morgan fingerprint density at radius 3 is 2.58 bits per heavy atom. The highest BCUT2D eigenvalue weighted by atomic mass is 32.2. The smallest absolute Gasteiger partial charge is 0.257 e. The third kappa shape index (κ3) is 4.32. The van der Waals surface area contributed by atoms with E-state index in [2.05, 4.69) is 4.72 Å². The van der Waals surface area contributed by atoms with Gasteiger partial charge in [0, 0.05) is 0 Å². The SMILES string of the molecule is O=C(Cc1ccc2c(c1)CCC2)NS(=O)(=O)/C=C/c1ccccc1. The molecule has 1 aliphatic rings. The van der Waals surface area contributed by atoms with Crippen LogP contribution >= 0.6 is 0 Å². The molecule has 0 saturated carbocycles. The number of sulfonamides is 1. The molecule has 0 atom stereocenters. The zero-order chi connectivity index (χ0) is 17.0. The van der Waals surface area contributed by atoms with Crippen molar-refractivity contribution in [2.75, 3.05) is 0 Å². The molecular formula is C19H19NO3S. The Morgan fingerprint density at radius 1 is 1.04 bits per heavy atom. The molecular weight excluding hydrogens is 322 g/mol. The van der Waals surface area contributed by atoms with E-state index in [0.717, 1.165) is 35.8 Å². The summed E-state index contributed by atoms with van der Waals surface area (Å²) in [6.45, 7) is 0. The summed E-state index contributed by atoms with van der Waals surface area (Å²) in [7, 11) is -3.79. The Kier molecular flexibility index (Phi) is 4.81. The van der Waals surface area contributed by atoms with Crippen molar-refractivity contribution in [3.05, 3.63) is 76.2 Å². The van der Waals surface area contributed by atoms with Gasteiger partial charge in [-0.2, -0.15) is 0 Å². The minimum atomic E-state index is -3.79. The highest BCUT2D eigenvalue weighted by Crippen LogP contribution is 2.23. The predicted octanol–water partition coefficient (Wildman–Crippen LogP) is 2.83. The van der Waals surface area contributed by atoms with Crippen LogP contribution in [0.3, 0.4) is 0 Å². The van der Waals surface area contributed by atoms with Gasteiger partial charge < -0.3 is 0 Å². The first-order valence-corrected chi connectivity index (χ1v) is 9.46. The van der Waals surface area contributed by atoms with Gasteiger partial charge in [0.1, 0.15) is 0 Å². The molecule has 0 radical (unpaired) electrons. The Hall–Kier alpha value is -2.40. The number of amides is 1. The molecule has 124 valence electrons. The zero-order valence-corrected chi connectivity index (χ0v) is 14.1. The molecule has 0 spiro atoms. The molecule has 5 heteroatoms. The highest BCUT2D eigenvalue weighted by Gasteiger charge is 2.14. The molecule has 0 fully saturated rings. The third-order valence-electron chi connectivity index (χ3n) is 4.02. The Morgan fingerprint density at radius 2 is 1.79 bits per heavy atom.